The Kier molecular flexibility index (Phi) is 5.88. The quantitative estimate of drug-likeness (QED) is 0.206. The molecule has 0 bridgehead atoms. The average Bonchev–Trinajstić information content (AvgIpc) is 3.69. The van der Waals surface area contributed by atoms with Crippen molar-refractivity contribution in [3.63, 3.8) is 0 Å². The summed E-state index contributed by atoms with van der Waals surface area (Å²) < 4.78 is 12.5. The number of para-hydroxylation sites is 2. The number of benzene rings is 7. The molecule has 0 aliphatic carbocycles. The highest BCUT2D eigenvalue weighted by molar-refractivity contribution is 6.07. The topological polar surface area (TPSA) is 50.1 Å². The van der Waals surface area contributed by atoms with Gasteiger partial charge in [-0.05, 0) is 88.0 Å². The second-order valence-electron chi connectivity index (χ2n) is 11.6. The molecule has 3 nitrogen and oxygen atoms in total. The van der Waals surface area contributed by atoms with E-state index in [1.165, 1.54) is 0 Å². The number of hydrogen-bond donors (Lipinski definition) is 0. The second kappa shape index (κ2) is 10.4. The molecule has 214 valence electrons. The highest BCUT2D eigenvalue weighted by Gasteiger charge is 2.16. The number of rotatable bonds is 4. The number of furan rings is 2. The van der Waals surface area contributed by atoms with Crippen molar-refractivity contribution in [2.45, 2.75) is 0 Å². The zero-order chi connectivity index (χ0) is 30.6. The Labute approximate surface area is 265 Å². The van der Waals surface area contributed by atoms with Gasteiger partial charge in [0.2, 0.25) is 0 Å². The van der Waals surface area contributed by atoms with E-state index in [0.29, 0.717) is 5.56 Å². The first-order valence-electron chi connectivity index (χ1n) is 15.3. The number of fused-ring (bicyclic) bond motifs is 6. The van der Waals surface area contributed by atoms with Crippen molar-refractivity contribution < 1.29 is 8.83 Å². The van der Waals surface area contributed by atoms with Gasteiger partial charge in [-0.1, -0.05) is 97.1 Å². The van der Waals surface area contributed by atoms with Gasteiger partial charge in [-0.3, -0.25) is 0 Å². The molecule has 0 fully saturated rings. The first-order valence-corrected chi connectivity index (χ1v) is 15.3. The van der Waals surface area contributed by atoms with E-state index >= 15 is 0 Å². The summed E-state index contributed by atoms with van der Waals surface area (Å²) in [4.78, 5) is 0. The van der Waals surface area contributed by atoms with E-state index in [-0.39, 0.29) is 0 Å². The van der Waals surface area contributed by atoms with Crippen LogP contribution in [0.15, 0.2) is 160 Å². The number of nitrogens with zero attached hydrogens (tertiary/aromatic N) is 1. The Balaban J connectivity index is 1.27. The molecule has 0 amide bonds. The molecule has 3 heteroatoms. The number of nitriles is 1. The van der Waals surface area contributed by atoms with E-state index in [2.05, 4.69) is 72.8 Å². The lowest BCUT2D eigenvalue weighted by atomic mass is 9.88. The lowest BCUT2D eigenvalue weighted by molar-refractivity contribution is 0.668. The van der Waals surface area contributed by atoms with Crippen LogP contribution in [0.25, 0.3) is 88.4 Å². The van der Waals surface area contributed by atoms with E-state index in [4.69, 9.17) is 8.83 Å². The van der Waals surface area contributed by atoms with Crippen LogP contribution >= 0.6 is 0 Å². The molecule has 0 unspecified atom stereocenters. The molecule has 9 rings (SSSR count). The highest BCUT2D eigenvalue weighted by atomic mass is 16.3. The maximum Gasteiger partial charge on any atom is 0.136 e. The molecule has 0 radical (unpaired) electrons. The molecule has 46 heavy (non-hydrogen) atoms. The molecule has 0 aliphatic rings. The first kappa shape index (κ1) is 26.1. The van der Waals surface area contributed by atoms with Crippen LogP contribution in [0.1, 0.15) is 5.56 Å². The smallest absolute Gasteiger partial charge is 0.136 e. The van der Waals surface area contributed by atoms with Gasteiger partial charge in [0, 0.05) is 32.7 Å². The van der Waals surface area contributed by atoms with Gasteiger partial charge >= 0.3 is 0 Å². The third-order valence-electron chi connectivity index (χ3n) is 8.93. The van der Waals surface area contributed by atoms with Crippen molar-refractivity contribution in [1.29, 1.82) is 5.26 Å². The fraction of sp³-hybridized carbons (Fsp3) is 0. The SMILES string of the molecule is N#Cc1c(-c2ccccc2)cccc1-c1cc(-c2ccc3c(c2)oc2ccccc23)cc(-c2ccc3c(c2)oc2ccccc23)c1. The van der Waals surface area contributed by atoms with Crippen LogP contribution < -0.4 is 0 Å². The van der Waals surface area contributed by atoms with Gasteiger partial charge in [0.15, 0.2) is 0 Å². The van der Waals surface area contributed by atoms with Gasteiger partial charge in [0.1, 0.15) is 28.4 Å². The molecule has 0 atom stereocenters. The van der Waals surface area contributed by atoms with Crippen LogP contribution in [0.5, 0.6) is 0 Å². The lowest BCUT2D eigenvalue weighted by Crippen LogP contribution is -1.92. The van der Waals surface area contributed by atoms with Crippen molar-refractivity contribution in [3.8, 4) is 50.6 Å². The fourth-order valence-corrected chi connectivity index (χ4v) is 6.70. The van der Waals surface area contributed by atoms with E-state index in [0.717, 1.165) is 88.4 Å². The summed E-state index contributed by atoms with van der Waals surface area (Å²) >= 11 is 0. The maximum absolute atomic E-state index is 10.5. The van der Waals surface area contributed by atoms with Gasteiger partial charge in [-0.25, -0.2) is 0 Å². The number of hydrogen-bond acceptors (Lipinski definition) is 3. The van der Waals surface area contributed by atoms with E-state index in [1.54, 1.807) is 0 Å². The second-order valence-corrected chi connectivity index (χ2v) is 11.6. The largest absolute Gasteiger partial charge is 0.456 e. The first-order chi connectivity index (χ1) is 22.7. The monoisotopic (exact) mass is 587 g/mol. The van der Waals surface area contributed by atoms with Crippen LogP contribution in [0.2, 0.25) is 0 Å². The summed E-state index contributed by atoms with van der Waals surface area (Å²) in [6.45, 7) is 0. The van der Waals surface area contributed by atoms with Crippen LogP contribution in [0.3, 0.4) is 0 Å². The highest BCUT2D eigenvalue weighted by Crippen LogP contribution is 2.40. The van der Waals surface area contributed by atoms with Gasteiger partial charge in [-0.15, -0.1) is 0 Å². The van der Waals surface area contributed by atoms with Crippen molar-refractivity contribution in [3.05, 3.63) is 157 Å². The van der Waals surface area contributed by atoms with Gasteiger partial charge in [0.25, 0.3) is 0 Å². The third-order valence-corrected chi connectivity index (χ3v) is 8.93. The molecule has 7 aromatic carbocycles. The zero-order valence-electron chi connectivity index (χ0n) is 24.7. The Bertz CT molecular complexity index is 2520. The van der Waals surface area contributed by atoms with Crippen LogP contribution in [-0.2, 0) is 0 Å². The molecule has 0 spiro atoms. The standard InChI is InChI=1S/C43H25NO2/c44-26-39-33(27-9-2-1-3-10-27)13-8-14-34(39)32-22-30(28-17-19-37-35-11-4-6-15-40(35)45-42(37)24-28)21-31(23-32)29-18-20-38-36-12-5-7-16-41(36)46-43(38)25-29/h1-25H. The molecular formula is C43H25NO2. The normalized spacial score (nSPS) is 11.5. The molecule has 2 aromatic heterocycles. The summed E-state index contributed by atoms with van der Waals surface area (Å²) in [7, 11) is 0. The van der Waals surface area contributed by atoms with E-state index in [1.807, 2.05) is 84.9 Å². The van der Waals surface area contributed by atoms with Crippen LogP contribution in [0, 0.1) is 11.3 Å². The summed E-state index contributed by atoms with van der Waals surface area (Å²) in [6.07, 6.45) is 0. The Morgan fingerprint density at radius 3 is 1.39 bits per heavy atom. The molecule has 2 heterocycles. The van der Waals surface area contributed by atoms with Gasteiger partial charge < -0.3 is 8.83 Å². The molecule has 0 saturated carbocycles. The van der Waals surface area contributed by atoms with Crippen molar-refractivity contribution in [1.82, 2.24) is 0 Å². The van der Waals surface area contributed by atoms with Crippen molar-refractivity contribution in [2.24, 2.45) is 0 Å². The van der Waals surface area contributed by atoms with Gasteiger partial charge in [0.05, 0.1) is 5.56 Å². The van der Waals surface area contributed by atoms with Crippen LogP contribution in [0.4, 0.5) is 0 Å². The Morgan fingerprint density at radius 2 is 0.826 bits per heavy atom. The molecule has 9 aromatic rings. The van der Waals surface area contributed by atoms with Gasteiger partial charge in [-0.2, -0.15) is 5.26 Å². The van der Waals surface area contributed by atoms with Crippen molar-refractivity contribution >= 4 is 43.9 Å². The summed E-state index contributed by atoms with van der Waals surface area (Å²) in [5.74, 6) is 0. The minimum absolute atomic E-state index is 0.650. The zero-order valence-corrected chi connectivity index (χ0v) is 24.7. The molecule has 0 N–H and O–H groups in total. The maximum atomic E-state index is 10.5. The Morgan fingerprint density at radius 1 is 0.348 bits per heavy atom. The summed E-state index contributed by atoms with van der Waals surface area (Å²) in [5.41, 5.74) is 12.0. The minimum Gasteiger partial charge on any atom is -0.456 e. The van der Waals surface area contributed by atoms with Crippen molar-refractivity contribution in [2.75, 3.05) is 0 Å². The molecule has 0 saturated heterocycles. The van der Waals surface area contributed by atoms with E-state index in [9.17, 15) is 5.26 Å². The van der Waals surface area contributed by atoms with Crippen LogP contribution in [-0.4, -0.2) is 0 Å². The minimum atomic E-state index is 0.650. The average molecular weight is 588 g/mol. The summed E-state index contributed by atoms with van der Waals surface area (Å²) in [5, 5.41) is 14.9. The predicted molar refractivity (Wildman–Crippen MR) is 187 cm³/mol. The Hall–Kier alpha value is -6.37. The third kappa shape index (κ3) is 4.20. The predicted octanol–water partition coefficient (Wildman–Crippen LogP) is 12.0. The fourth-order valence-electron chi connectivity index (χ4n) is 6.70. The summed E-state index contributed by atoms with van der Waals surface area (Å²) in [6, 6.07) is 54.4. The molecular weight excluding hydrogens is 562 g/mol. The molecule has 0 aliphatic heterocycles. The lowest BCUT2D eigenvalue weighted by Gasteiger charge is -2.14. The van der Waals surface area contributed by atoms with E-state index < -0.39 is 0 Å².